The summed E-state index contributed by atoms with van der Waals surface area (Å²) in [6.07, 6.45) is 3.87. The Hall–Kier alpha value is -4.07. The van der Waals surface area contributed by atoms with Gasteiger partial charge in [-0.05, 0) is 60.2 Å². The molecule has 2 N–H and O–H groups in total. The Morgan fingerprint density at radius 2 is 1.94 bits per heavy atom. The molecule has 1 unspecified atom stereocenters. The molecule has 2 aromatic carbocycles. The number of phenolic OH excluding ortho intramolecular Hbond substituents is 1. The number of aromatic hydroxyl groups is 1. The number of hydrogen-bond donors (Lipinski definition) is 2. The second kappa shape index (κ2) is 7.88. The molecule has 0 spiro atoms. The Bertz CT molecular complexity index is 1210. The number of anilines is 1. The standard InChI is InChI=1S/C24H21N3O5/c28-17-8-10-19-20(12-17)23(15-6-7-15)26(13-18-9-11-22(32-18)27(30)31)14-21(19)24(29)25-16-4-2-1-3-5-16/h1-5,8-12,14-15,23,28H,6-7,13H2,(H,25,29). The summed E-state index contributed by atoms with van der Waals surface area (Å²) in [4.78, 5) is 25.6. The molecule has 8 nitrogen and oxygen atoms in total. The van der Waals surface area contributed by atoms with Gasteiger partial charge in [-0.2, -0.15) is 0 Å². The van der Waals surface area contributed by atoms with Crippen LogP contribution in [-0.2, 0) is 11.3 Å². The normalized spacial score (nSPS) is 17.4. The molecule has 2 aliphatic rings. The molecule has 1 aliphatic carbocycles. The summed E-state index contributed by atoms with van der Waals surface area (Å²) in [7, 11) is 0. The molecule has 1 aliphatic heterocycles. The van der Waals surface area contributed by atoms with Gasteiger partial charge in [-0.25, -0.2) is 0 Å². The highest BCUT2D eigenvalue weighted by Gasteiger charge is 2.40. The molecular weight excluding hydrogens is 410 g/mol. The van der Waals surface area contributed by atoms with Gasteiger partial charge in [0.2, 0.25) is 0 Å². The molecule has 0 saturated heterocycles. The summed E-state index contributed by atoms with van der Waals surface area (Å²) in [6, 6.07) is 17.1. The number of nitrogens with one attached hydrogen (secondary N) is 1. The van der Waals surface area contributed by atoms with E-state index in [1.807, 2.05) is 35.2 Å². The summed E-state index contributed by atoms with van der Waals surface area (Å²) in [6.45, 7) is 0.270. The van der Waals surface area contributed by atoms with Gasteiger partial charge >= 0.3 is 5.88 Å². The van der Waals surface area contributed by atoms with Crippen molar-refractivity contribution >= 4 is 23.1 Å². The number of phenols is 1. The van der Waals surface area contributed by atoms with E-state index in [9.17, 15) is 20.0 Å². The highest BCUT2D eigenvalue weighted by Crippen LogP contribution is 2.50. The van der Waals surface area contributed by atoms with Gasteiger partial charge in [0.05, 0.1) is 24.2 Å². The predicted octanol–water partition coefficient (Wildman–Crippen LogP) is 4.84. The molecule has 1 aromatic heterocycles. The number of nitrogens with zero attached hydrogens (tertiary/aromatic N) is 2. The van der Waals surface area contributed by atoms with Gasteiger partial charge in [0, 0.05) is 11.9 Å². The molecule has 162 valence electrons. The SMILES string of the molecule is O=C(Nc1ccccc1)C1=CN(Cc2ccc([N+](=O)[O-])o2)C(C2CC2)c2cc(O)ccc21. The zero-order valence-electron chi connectivity index (χ0n) is 17.1. The molecule has 32 heavy (non-hydrogen) atoms. The first-order valence-electron chi connectivity index (χ1n) is 10.4. The van der Waals surface area contributed by atoms with Crippen molar-refractivity contribution in [3.8, 4) is 5.75 Å². The number of para-hydroxylation sites is 1. The minimum atomic E-state index is -0.569. The Labute approximate surface area is 183 Å². The van der Waals surface area contributed by atoms with Crippen LogP contribution in [0.5, 0.6) is 5.75 Å². The van der Waals surface area contributed by atoms with Crippen molar-refractivity contribution in [2.45, 2.75) is 25.4 Å². The number of benzene rings is 2. The lowest BCUT2D eigenvalue weighted by Crippen LogP contribution is -2.31. The molecular formula is C24H21N3O5. The quantitative estimate of drug-likeness (QED) is 0.427. The lowest BCUT2D eigenvalue weighted by atomic mass is 9.87. The third-order valence-electron chi connectivity index (χ3n) is 5.81. The number of furan rings is 1. The predicted molar refractivity (Wildman–Crippen MR) is 118 cm³/mol. The number of carbonyl (C=O) groups is 1. The fraction of sp³-hybridized carbons (Fsp3) is 0.208. The molecule has 2 heterocycles. The van der Waals surface area contributed by atoms with Gasteiger partial charge in [-0.3, -0.25) is 14.9 Å². The number of hydrogen-bond acceptors (Lipinski definition) is 6. The lowest BCUT2D eigenvalue weighted by molar-refractivity contribution is -0.402. The van der Waals surface area contributed by atoms with Gasteiger partial charge in [-0.1, -0.05) is 24.3 Å². The van der Waals surface area contributed by atoms with Crippen LogP contribution >= 0.6 is 0 Å². The molecule has 1 amide bonds. The third-order valence-corrected chi connectivity index (χ3v) is 5.81. The molecule has 8 heteroatoms. The van der Waals surface area contributed by atoms with Crippen molar-refractivity contribution in [3.05, 3.63) is 93.9 Å². The van der Waals surface area contributed by atoms with E-state index in [1.54, 1.807) is 30.5 Å². The van der Waals surface area contributed by atoms with Gasteiger partial charge in [0.1, 0.15) is 16.4 Å². The number of nitro groups is 1. The first kappa shape index (κ1) is 19.9. The lowest BCUT2D eigenvalue weighted by Gasteiger charge is -2.36. The van der Waals surface area contributed by atoms with Crippen LogP contribution in [0.25, 0.3) is 5.57 Å². The molecule has 0 bridgehead atoms. The van der Waals surface area contributed by atoms with Crippen molar-refractivity contribution in [1.29, 1.82) is 0 Å². The maximum absolute atomic E-state index is 13.2. The van der Waals surface area contributed by atoms with Crippen molar-refractivity contribution < 1.29 is 19.2 Å². The van der Waals surface area contributed by atoms with E-state index in [1.165, 1.54) is 6.07 Å². The van der Waals surface area contributed by atoms with Gasteiger partial charge in [0.15, 0.2) is 0 Å². The summed E-state index contributed by atoms with van der Waals surface area (Å²) < 4.78 is 5.38. The van der Waals surface area contributed by atoms with Crippen LogP contribution in [0.1, 0.15) is 35.8 Å². The smallest absolute Gasteiger partial charge is 0.433 e. The molecule has 5 rings (SSSR count). The first-order valence-corrected chi connectivity index (χ1v) is 10.4. The van der Waals surface area contributed by atoms with E-state index >= 15 is 0 Å². The van der Waals surface area contributed by atoms with Crippen LogP contribution in [0.15, 0.2) is 71.3 Å². The Morgan fingerprint density at radius 1 is 1.16 bits per heavy atom. The molecule has 1 saturated carbocycles. The van der Waals surface area contributed by atoms with Crippen LogP contribution in [0.2, 0.25) is 0 Å². The van der Waals surface area contributed by atoms with Crippen LogP contribution in [-0.4, -0.2) is 20.8 Å². The monoisotopic (exact) mass is 431 g/mol. The zero-order valence-corrected chi connectivity index (χ0v) is 17.1. The highest BCUT2D eigenvalue weighted by molar-refractivity contribution is 6.25. The molecule has 1 fully saturated rings. The zero-order chi connectivity index (χ0) is 22.2. The molecule has 0 radical (unpaired) electrons. The summed E-state index contributed by atoms with van der Waals surface area (Å²) in [5, 5.41) is 24.1. The summed E-state index contributed by atoms with van der Waals surface area (Å²) in [5.41, 5.74) is 2.78. The van der Waals surface area contributed by atoms with Crippen LogP contribution in [0.3, 0.4) is 0 Å². The number of amides is 1. The molecule has 1 atom stereocenters. The number of rotatable bonds is 6. The Balaban J connectivity index is 1.53. The highest BCUT2D eigenvalue weighted by atomic mass is 16.6. The van der Waals surface area contributed by atoms with Gasteiger partial charge in [-0.15, -0.1) is 0 Å². The van der Waals surface area contributed by atoms with Crippen LogP contribution in [0.4, 0.5) is 11.6 Å². The van der Waals surface area contributed by atoms with E-state index in [-0.39, 0.29) is 30.1 Å². The second-order valence-electron chi connectivity index (χ2n) is 8.09. The first-order chi connectivity index (χ1) is 15.5. The molecule has 3 aromatic rings. The maximum Gasteiger partial charge on any atom is 0.433 e. The second-order valence-corrected chi connectivity index (χ2v) is 8.09. The Morgan fingerprint density at radius 3 is 2.62 bits per heavy atom. The van der Waals surface area contributed by atoms with Crippen molar-refractivity contribution in [1.82, 2.24) is 4.90 Å². The van der Waals surface area contributed by atoms with Crippen molar-refractivity contribution in [2.75, 3.05) is 5.32 Å². The number of carbonyl (C=O) groups excluding carboxylic acids is 1. The summed E-state index contributed by atoms with van der Waals surface area (Å²) >= 11 is 0. The maximum atomic E-state index is 13.2. The Kier molecular flexibility index (Phi) is 4.89. The van der Waals surface area contributed by atoms with Crippen LogP contribution in [0, 0.1) is 16.0 Å². The average molecular weight is 431 g/mol. The van der Waals surface area contributed by atoms with Crippen LogP contribution < -0.4 is 5.32 Å². The fourth-order valence-electron chi connectivity index (χ4n) is 4.25. The topological polar surface area (TPSA) is 109 Å². The fourth-order valence-corrected chi connectivity index (χ4v) is 4.25. The van der Waals surface area contributed by atoms with Gasteiger partial charge in [0.25, 0.3) is 5.91 Å². The minimum Gasteiger partial charge on any atom is -0.508 e. The van der Waals surface area contributed by atoms with E-state index < -0.39 is 4.92 Å². The van der Waals surface area contributed by atoms with E-state index in [2.05, 4.69) is 5.32 Å². The number of fused-ring (bicyclic) bond motifs is 1. The van der Waals surface area contributed by atoms with Gasteiger partial charge < -0.3 is 19.7 Å². The average Bonchev–Trinajstić information content (AvgIpc) is 3.50. The third kappa shape index (κ3) is 3.82. The summed E-state index contributed by atoms with van der Waals surface area (Å²) in [5.74, 6) is 0.352. The van der Waals surface area contributed by atoms with Crippen molar-refractivity contribution in [2.24, 2.45) is 5.92 Å². The largest absolute Gasteiger partial charge is 0.508 e. The van der Waals surface area contributed by atoms with E-state index in [0.717, 1.165) is 24.0 Å². The van der Waals surface area contributed by atoms with E-state index in [0.29, 0.717) is 22.9 Å². The van der Waals surface area contributed by atoms with E-state index in [4.69, 9.17) is 4.42 Å². The minimum absolute atomic E-state index is 0.0606. The van der Waals surface area contributed by atoms with Crippen molar-refractivity contribution in [3.63, 3.8) is 0 Å².